The lowest BCUT2D eigenvalue weighted by Crippen LogP contribution is -2.04. The third-order valence-corrected chi connectivity index (χ3v) is 8.38. The summed E-state index contributed by atoms with van der Waals surface area (Å²) in [4.78, 5) is 9.46. The number of rotatable bonds is 6. The molecular formula is C28H22Br2N4. The second-order valence-electron chi connectivity index (χ2n) is 8.42. The molecule has 0 unspecified atom stereocenters. The molecule has 168 valence electrons. The molecule has 6 aromatic rings. The summed E-state index contributed by atoms with van der Waals surface area (Å²) in [6.07, 6.45) is 3.93. The molecule has 0 spiro atoms. The van der Waals surface area contributed by atoms with Crippen LogP contribution in [0, 0.1) is 0 Å². The fourth-order valence-electron chi connectivity index (χ4n) is 4.84. The summed E-state index contributed by atoms with van der Waals surface area (Å²) < 4.78 is 6.95. The van der Waals surface area contributed by atoms with Crippen LogP contribution in [0.5, 0.6) is 0 Å². The third-order valence-electron chi connectivity index (χ3n) is 6.39. The van der Waals surface area contributed by atoms with Crippen LogP contribution in [0.3, 0.4) is 0 Å². The number of fused-ring (bicyclic) bond motifs is 4. The van der Waals surface area contributed by atoms with E-state index in [1.165, 1.54) is 21.8 Å². The maximum Gasteiger partial charge on any atom is 0.159 e. The molecule has 6 rings (SSSR count). The molecule has 0 amide bonds. The predicted octanol–water partition coefficient (Wildman–Crippen LogP) is 8.21. The number of unbranched alkanes of at least 4 members (excludes halogenated alkanes) is 1. The monoisotopic (exact) mass is 572 g/mol. The minimum absolute atomic E-state index is 0.897. The van der Waals surface area contributed by atoms with Gasteiger partial charge in [0.1, 0.15) is 5.69 Å². The first-order chi connectivity index (χ1) is 16.7. The lowest BCUT2D eigenvalue weighted by atomic mass is 10.2. The molecule has 0 saturated carbocycles. The molecule has 3 aromatic heterocycles. The zero-order valence-corrected chi connectivity index (χ0v) is 21.6. The topological polar surface area (TPSA) is 35.6 Å². The molecule has 4 nitrogen and oxygen atoms in total. The number of pyridine rings is 1. The maximum absolute atomic E-state index is 4.90. The van der Waals surface area contributed by atoms with Gasteiger partial charge in [0.05, 0.1) is 21.0 Å². The summed E-state index contributed by atoms with van der Waals surface area (Å²) in [5, 5.41) is 2.58. The number of benzene rings is 3. The van der Waals surface area contributed by atoms with Crippen molar-refractivity contribution in [1.29, 1.82) is 0 Å². The zero-order chi connectivity index (χ0) is 23.1. The Morgan fingerprint density at radius 3 is 2.24 bits per heavy atom. The van der Waals surface area contributed by atoms with Gasteiger partial charge in [0.25, 0.3) is 0 Å². The van der Waals surface area contributed by atoms with Crippen molar-refractivity contribution < 1.29 is 0 Å². The van der Waals surface area contributed by atoms with E-state index in [0.717, 1.165) is 57.4 Å². The molecule has 0 atom stereocenters. The predicted molar refractivity (Wildman–Crippen MR) is 147 cm³/mol. The van der Waals surface area contributed by atoms with Crippen LogP contribution >= 0.6 is 31.9 Å². The molecule has 0 bridgehead atoms. The summed E-state index contributed by atoms with van der Waals surface area (Å²) in [7, 11) is 0. The molecule has 0 fully saturated rings. The van der Waals surface area contributed by atoms with Crippen LogP contribution in [0.25, 0.3) is 44.4 Å². The molecule has 6 heteroatoms. The van der Waals surface area contributed by atoms with Crippen molar-refractivity contribution in [1.82, 2.24) is 19.1 Å². The van der Waals surface area contributed by atoms with Crippen molar-refractivity contribution in [2.75, 3.05) is 0 Å². The van der Waals surface area contributed by atoms with E-state index in [1.807, 2.05) is 30.5 Å². The fraction of sp³-hybridized carbons (Fsp3) is 0.143. The zero-order valence-electron chi connectivity index (χ0n) is 18.5. The van der Waals surface area contributed by atoms with Gasteiger partial charge in [-0.1, -0.05) is 42.5 Å². The summed E-state index contributed by atoms with van der Waals surface area (Å²) in [6, 6.07) is 27.3. The van der Waals surface area contributed by atoms with Crippen molar-refractivity contribution in [3.8, 4) is 11.5 Å². The van der Waals surface area contributed by atoms with Crippen molar-refractivity contribution in [2.45, 2.75) is 25.9 Å². The normalized spacial score (nSPS) is 11.7. The van der Waals surface area contributed by atoms with Crippen LogP contribution in [0.1, 0.15) is 12.8 Å². The molecule has 3 heterocycles. The van der Waals surface area contributed by atoms with Gasteiger partial charge in [-0.05, 0) is 81.1 Å². The standard InChI is InChI=1S/C28H22Br2N4/c29-21-15-14-20-19-9-1-3-12-24(19)33(27(20)26(21)30)17-7-8-18-34-25-13-4-2-10-22(25)32-28(34)23-11-5-6-16-31-23/h1-6,9-16H,7-8,17-18H2. The van der Waals surface area contributed by atoms with E-state index in [0.29, 0.717) is 0 Å². The number of hydrogen-bond acceptors (Lipinski definition) is 2. The third kappa shape index (κ3) is 3.65. The molecule has 3 aromatic carbocycles. The maximum atomic E-state index is 4.90. The van der Waals surface area contributed by atoms with Gasteiger partial charge in [0, 0.05) is 40.0 Å². The van der Waals surface area contributed by atoms with E-state index in [2.05, 4.69) is 101 Å². The van der Waals surface area contributed by atoms with Crippen LogP contribution < -0.4 is 0 Å². The Labute approximate surface area is 214 Å². The lowest BCUT2D eigenvalue weighted by Gasteiger charge is -2.12. The fourth-order valence-corrected chi connectivity index (χ4v) is 5.72. The van der Waals surface area contributed by atoms with Crippen LogP contribution in [0.15, 0.2) is 94.0 Å². The number of nitrogens with zero attached hydrogens (tertiary/aromatic N) is 4. The largest absolute Gasteiger partial charge is 0.340 e. The molecule has 0 saturated heterocycles. The van der Waals surface area contributed by atoms with E-state index < -0.39 is 0 Å². The number of halogens is 2. The highest BCUT2D eigenvalue weighted by molar-refractivity contribution is 9.13. The second-order valence-corrected chi connectivity index (χ2v) is 10.1. The van der Waals surface area contributed by atoms with Crippen LogP contribution in [0.4, 0.5) is 0 Å². The van der Waals surface area contributed by atoms with Gasteiger partial charge in [-0.15, -0.1) is 0 Å². The molecule has 0 aliphatic rings. The first kappa shape index (κ1) is 21.6. The summed E-state index contributed by atoms with van der Waals surface area (Å²) in [6.45, 7) is 1.85. The number of aromatic nitrogens is 4. The Bertz CT molecular complexity index is 1630. The van der Waals surface area contributed by atoms with E-state index in [9.17, 15) is 0 Å². The number of hydrogen-bond donors (Lipinski definition) is 0. The first-order valence-electron chi connectivity index (χ1n) is 11.4. The van der Waals surface area contributed by atoms with Crippen molar-refractivity contribution in [2.24, 2.45) is 0 Å². The Hall–Kier alpha value is -2.96. The first-order valence-corrected chi connectivity index (χ1v) is 13.0. The summed E-state index contributed by atoms with van der Waals surface area (Å²) in [5.41, 5.74) is 5.61. The van der Waals surface area contributed by atoms with E-state index in [-0.39, 0.29) is 0 Å². The van der Waals surface area contributed by atoms with Gasteiger partial charge < -0.3 is 9.13 Å². The van der Waals surface area contributed by atoms with E-state index in [1.54, 1.807) is 0 Å². The highest BCUT2D eigenvalue weighted by Crippen LogP contribution is 2.38. The molecule has 34 heavy (non-hydrogen) atoms. The molecular weight excluding hydrogens is 552 g/mol. The van der Waals surface area contributed by atoms with Gasteiger partial charge in [-0.3, -0.25) is 4.98 Å². The second kappa shape index (κ2) is 9.01. The van der Waals surface area contributed by atoms with Crippen molar-refractivity contribution >= 4 is 64.7 Å². The minimum Gasteiger partial charge on any atom is -0.340 e. The molecule has 0 radical (unpaired) electrons. The Morgan fingerprint density at radius 1 is 0.676 bits per heavy atom. The Morgan fingerprint density at radius 2 is 1.41 bits per heavy atom. The highest BCUT2D eigenvalue weighted by atomic mass is 79.9. The summed E-state index contributed by atoms with van der Waals surface area (Å²) >= 11 is 7.52. The molecule has 0 N–H and O–H groups in total. The van der Waals surface area contributed by atoms with Crippen LogP contribution in [-0.4, -0.2) is 19.1 Å². The van der Waals surface area contributed by atoms with Crippen LogP contribution in [-0.2, 0) is 13.1 Å². The van der Waals surface area contributed by atoms with Gasteiger partial charge in [0.2, 0.25) is 0 Å². The number of para-hydroxylation sites is 3. The molecule has 0 aliphatic carbocycles. The average Bonchev–Trinajstić information content (AvgIpc) is 3.41. The van der Waals surface area contributed by atoms with E-state index >= 15 is 0 Å². The van der Waals surface area contributed by atoms with Crippen LogP contribution in [0.2, 0.25) is 0 Å². The van der Waals surface area contributed by atoms with Gasteiger partial charge in [-0.25, -0.2) is 4.98 Å². The van der Waals surface area contributed by atoms with Crippen molar-refractivity contribution in [3.05, 3.63) is 94.0 Å². The van der Waals surface area contributed by atoms with E-state index in [4.69, 9.17) is 4.98 Å². The number of aryl methyl sites for hydroxylation is 2. The lowest BCUT2D eigenvalue weighted by molar-refractivity contribution is 0.576. The smallest absolute Gasteiger partial charge is 0.159 e. The molecule has 0 aliphatic heterocycles. The SMILES string of the molecule is Brc1ccc2c3ccccc3n(CCCCn3c(-c4ccccn4)nc4ccccc43)c2c1Br. The Balaban J connectivity index is 1.31. The van der Waals surface area contributed by atoms with Gasteiger partial charge in [-0.2, -0.15) is 0 Å². The number of imidazole rings is 1. The van der Waals surface area contributed by atoms with Crippen molar-refractivity contribution in [3.63, 3.8) is 0 Å². The van der Waals surface area contributed by atoms with Gasteiger partial charge >= 0.3 is 0 Å². The summed E-state index contributed by atoms with van der Waals surface area (Å²) in [5.74, 6) is 0.935. The quantitative estimate of drug-likeness (QED) is 0.188. The average molecular weight is 574 g/mol. The Kier molecular flexibility index (Phi) is 5.71. The highest BCUT2D eigenvalue weighted by Gasteiger charge is 2.16. The minimum atomic E-state index is 0.897. The van der Waals surface area contributed by atoms with Gasteiger partial charge in [0.15, 0.2) is 5.82 Å².